The standard InChI is InChI=1S/C25H29N3O4S/c1-4-14-27(24(29)22-8-6-5-7-9-22)18-23-17-26-25(28(23)15-16-32-3)33(30,31)19-21-12-10-20(2)11-13-21/h4-13,17H,1,14-16,18-19H2,2-3H3. The Morgan fingerprint density at radius 1 is 1.15 bits per heavy atom. The summed E-state index contributed by atoms with van der Waals surface area (Å²) in [5.41, 5.74) is 2.91. The number of imidazole rings is 1. The quantitative estimate of drug-likeness (QED) is 0.402. The molecule has 0 spiro atoms. The Labute approximate surface area is 195 Å². The average Bonchev–Trinajstić information content (AvgIpc) is 3.22. The van der Waals surface area contributed by atoms with Gasteiger partial charge < -0.3 is 14.2 Å². The highest BCUT2D eigenvalue weighted by Crippen LogP contribution is 2.20. The molecular formula is C25H29N3O4S. The van der Waals surface area contributed by atoms with Crippen molar-refractivity contribution in [3.05, 3.63) is 95.8 Å². The number of hydrogen-bond donors (Lipinski definition) is 0. The number of carbonyl (C=O) groups is 1. The summed E-state index contributed by atoms with van der Waals surface area (Å²) in [6.07, 6.45) is 3.16. The monoisotopic (exact) mass is 467 g/mol. The SMILES string of the molecule is C=CCN(Cc1cnc(S(=O)(=O)Cc2ccc(C)cc2)n1CCOC)C(=O)c1ccccc1. The molecule has 33 heavy (non-hydrogen) atoms. The van der Waals surface area contributed by atoms with E-state index in [1.165, 1.54) is 6.20 Å². The van der Waals surface area contributed by atoms with Crippen LogP contribution in [-0.4, -0.2) is 49.0 Å². The fourth-order valence-electron chi connectivity index (χ4n) is 3.49. The van der Waals surface area contributed by atoms with Crippen LogP contribution in [0.2, 0.25) is 0 Å². The van der Waals surface area contributed by atoms with Crippen molar-refractivity contribution in [1.82, 2.24) is 14.5 Å². The summed E-state index contributed by atoms with van der Waals surface area (Å²) >= 11 is 0. The van der Waals surface area contributed by atoms with E-state index < -0.39 is 9.84 Å². The summed E-state index contributed by atoms with van der Waals surface area (Å²) in [5.74, 6) is -0.324. The predicted octanol–water partition coefficient (Wildman–Crippen LogP) is 3.64. The van der Waals surface area contributed by atoms with Crippen molar-refractivity contribution >= 4 is 15.7 Å². The summed E-state index contributed by atoms with van der Waals surface area (Å²) in [4.78, 5) is 18.9. The maximum Gasteiger partial charge on any atom is 0.254 e. The molecule has 174 valence electrons. The van der Waals surface area contributed by atoms with Crippen LogP contribution in [0.4, 0.5) is 0 Å². The van der Waals surface area contributed by atoms with Gasteiger partial charge in [0.05, 0.1) is 30.8 Å². The number of methoxy groups -OCH3 is 1. The van der Waals surface area contributed by atoms with E-state index >= 15 is 0 Å². The number of carbonyl (C=O) groups excluding carboxylic acids is 1. The third-order valence-electron chi connectivity index (χ3n) is 5.19. The van der Waals surface area contributed by atoms with E-state index in [4.69, 9.17) is 4.74 Å². The van der Waals surface area contributed by atoms with Crippen LogP contribution >= 0.6 is 0 Å². The zero-order valence-electron chi connectivity index (χ0n) is 19.0. The Morgan fingerprint density at radius 3 is 2.48 bits per heavy atom. The van der Waals surface area contributed by atoms with Gasteiger partial charge in [0.2, 0.25) is 15.0 Å². The van der Waals surface area contributed by atoms with Gasteiger partial charge in [-0.2, -0.15) is 0 Å². The van der Waals surface area contributed by atoms with Gasteiger partial charge in [-0.15, -0.1) is 6.58 Å². The summed E-state index contributed by atoms with van der Waals surface area (Å²) < 4.78 is 33.3. The van der Waals surface area contributed by atoms with Gasteiger partial charge in [0, 0.05) is 25.8 Å². The molecule has 0 aliphatic rings. The van der Waals surface area contributed by atoms with Gasteiger partial charge in [-0.05, 0) is 24.6 Å². The molecule has 0 N–H and O–H groups in total. The van der Waals surface area contributed by atoms with Crippen LogP contribution in [0.25, 0.3) is 0 Å². The van der Waals surface area contributed by atoms with Gasteiger partial charge in [0.25, 0.3) is 5.91 Å². The molecule has 1 amide bonds. The molecule has 3 rings (SSSR count). The average molecular weight is 468 g/mol. The normalized spacial score (nSPS) is 11.3. The largest absolute Gasteiger partial charge is 0.383 e. The van der Waals surface area contributed by atoms with Crippen LogP contribution in [0.1, 0.15) is 27.2 Å². The first-order valence-electron chi connectivity index (χ1n) is 10.6. The van der Waals surface area contributed by atoms with Crippen molar-refractivity contribution < 1.29 is 17.9 Å². The summed E-state index contributed by atoms with van der Waals surface area (Å²) in [6.45, 7) is 6.82. The summed E-state index contributed by atoms with van der Waals surface area (Å²) in [7, 11) is -2.16. The number of aromatic nitrogens is 2. The molecule has 1 heterocycles. The van der Waals surface area contributed by atoms with E-state index in [9.17, 15) is 13.2 Å². The Bertz CT molecular complexity index is 1190. The fraction of sp³-hybridized carbons (Fsp3) is 0.280. The molecule has 0 unspecified atom stereocenters. The maximum atomic E-state index is 13.2. The predicted molar refractivity (Wildman–Crippen MR) is 128 cm³/mol. The number of amides is 1. The van der Waals surface area contributed by atoms with Gasteiger partial charge in [-0.3, -0.25) is 4.79 Å². The van der Waals surface area contributed by atoms with E-state index in [0.717, 1.165) is 5.56 Å². The first kappa shape index (κ1) is 24.4. The molecule has 2 aromatic carbocycles. The third-order valence-corrected chi connectivity index (χ3v) is 6.78. The molecule has 0 radical (unpaired) electrons. The number of rotatable bonds is 11. The highest BCUT2D eigenvalue weighted by Gasteiger charge is 2.25. The number of nitrogens with zero attached hydrogens (tertiary/aromatic N) is 3. The second-order valence-corrected chi connectivity index (χ2v) is 9.64. The lowest BCUT2D eigenvalue weighted by atomic mass is 10.2. The van der Waals surface area contributed by atoms with Crippen molar-refractivity contribution in [3.63, 3.8) is 0 Å². The van der Waals surface area contributed by atoms with Crippen molar-refractivity contribution in [1.29, 1.82) is 0 Å². The topological polar surface area (TPSA) is 81.5 Å². The Morgan fingerprint density at radius 2 is 1.85 bits per heavy atom. The second-order valence-electron chi connectivity index (χ2n) is 7.76. The minimum Gasteiger partial charge on any atom is -0.383 e. The van der Waals surface area contributed by atoms with Crippen LogP contribution in [-0.2, 0) is 33.4 Å². The molecule has 0 bridgehead atoms. The van der Waals surface area contributed by atoms with E-state index in [1.54, 1.807) is 59.1 Å². The number of sulfone groups is 1. The van der Waals surface area contributed by atoms with E-state index in [-0.39, 0.29) is 23.4 Å². The minimum absolute atomic E-state index is 0.0270. The molecule has 0 aliphatic heterocycles. The lowest BCUT2D eigenvalue weighted by Crippen LogP contribution is -2.32. The molecule has 0 saturated heterocycles. The highest BCUT2D eigenvalue weighted by molar-refractivity contribution is 7.90. The minimum atomic E-state index is -3.71. The Hall–Kier alpha value is -3.23. The lowest BCUT2D eigenvalue weighted by Gasteiger charge is -2.22. The molecule has 0 fully saturated rings. The van der Waals surface area contributed by atoms with Crippen LogP contribution in [0.5, 0.6) is 0 Å². The van der Waals surface area contributed by atoms with Crippen LogP contribution in [0.15, 0.2) is 78.6 Å². The smallest absolute Gasteiger partial charge is 0.254 e. The van der Waals surface area contributed by atoms with Crippen LogP contribution in [0, 0.1) is 6.92 Å². The summed E-state index contributed by atoms with van der Waals surface area (Å²) in [6, 6.07) is 16.3. The van der Waals surface area contributed by atoms with Gasteiger partial charge in [0.1, 0.15) is 0 Å². The van der Waals surface area contributed by atoms with Crippen molar-refractivity contribution in [3.8, 4) is 0 Å². The van der Waals surface area contributed by atoms with Gasteiger partial charge in [-0.25, -0.2) is 13.4 Å². The molecule has 0 atom stereocenters. The molecule has 7 nitrogen and oxygen atoms in total. The van der Waals surface area contributed by atoms with Crippen molar-refractivity contribution in [2.24, 2.45) is 0 Å². The number of aryl methyl sites for hydroxylation is 1. The van der Waals surface area contributed by atoms with E-state index in [0.29, 0.717) is 36.5 Å². The molecule has 3 aromatic rings. The Kier molecular flexibility index (Phi) is 8.19. The zero-order valence-corrected chi connectivity index (χ0v) is 19.8. The van der Waals surface area contributed by atoms with Gasteiger partial charge in [0.15, 0.2) is 0 Å². The van der Waals surface area contributed by atoms with Crippen LogP contribution in [0.3, 0.4) is 0 Å². The van der Waals surface area contributed by atoms with Gasteiger partial charge in [-0.1, -0.05) is 54.1 Å². The number of benzene rings is 2. The van der Waals surface area contributed by atoms with Crippen molar-refractivity contribution in [2.75, 3.05) is 20.3 Å². The molecule has 1 aromatic heterocycles. The third kappa shape index (κ3) is 6.18. The lowest BCUT2D eigenvalue weighted by molar-refractivity contribution is 0.0758. The fourth-order valence-corrected chi connectivity index (χ4v) is 5.01. The van der Waals surface area contributed by atoms with E-state index in [2.05, 4.69) is 11.6 Å². The molecule has 0 aliphatic carbocycles. The molecular weight excluding hydrogens is 438 g/mol. The molecule has 8 heteroatoms. The number of hydrogen-bond acceptors (Lipinski definition) is 5. The highest BCUT2D eigenvalue weighted by atomic mass is 32.2. The summed E-state index contributed by atoms with van der Waals surface area (Å²) in [5, 5.41) is -0.0270. The second kappa shape index (κ2) is 11.1. The Balaban J connectivity index is 1.92. The van der Waals surface area contributed by atoms with E-state index in [1.807, 2.05) is 25.1 Å². The number of ether oxygens (including phenoxy) is 1. The van der Waals surface area contributed by atoms with Crippen LogP contribution < -0.4 is 0 Å². The van der Waals surface area contributed by atoms with Crippen molar-refractivity contribution in [2.45, 2.75) is 30.9 Å². The maximum absolute atomic E-state index is 13.2. The molecule has 0 saturated carbocycles. The first-order valence-corrected chi connectivity index (χ1v) is 12.3. The van der Waals surface area contributed by atoms with Gasteiger partial charge >= 0.3 is 0 Å². The zero-order chi connectivity index (χ0) is 23.8. The first-order chi connectivity index (χ1) is 15.9.